The van der Waals surface area contributed by atoms with Crippen molar-refractivity contribution in [2.24, 2.45) is 0 Å². The first-order chi connectivity index (χ1) is 33.5. The number of nitrogens with zero attached hydrogens (tertiary/aromatic N) is 4. The van der Waals surface area contributed by atoms with Gasteiger partial charge in [-0.15, -0.1) is 0 Å². The second-order valence-electron chi connectivity index (χ2n) is 15.4. The summed E-state index contributed by atoms with van der Waals surface area (Å²) < 4.78 is 182. The molecule has 1 aliphatic heterocycles. The van der Waals surface area contributed by atoms with Crippen LogP contribution >= 0.6 is 15.6 Å². The van der Waals surface area contributed by atoms with Gasteiger partial charge in [0, 0.05) is 35.4 Å². The van der Waals surface area contributed by atoms with Crippen LogP contribution in [0.5, 0.6) is 0 Å². The van der Waals surface area contributed by atoms with Gasteiger partial charge in [-0.25, -0.2) is 17.9 Å². The summed E-state index contributed by atoms with van der Waals surface area (Å²) in [6.07, 6.45) is 8.10. The Kier molecular flexibility index (Phi) is 20.6. The predicted octanol–water partition coefficient (Wildman–Crippen LogP) is 13.4. The first-order valence-corrected chi connectivity index (χ1v) is 25.5. The number of rotatable bonds is 5. The van der Waals surface area contributed by atoms with Gasteiger partial charge in [-0.3, -0.25) is 9.97 Å². The van der Waals surface area contributed by atoms with Crippen LogP contribution in [0, 0.1) is 11.6 Å². The van der Waals surface area contributed by atoms with Gasteiger partial charge in [0.25, 0.3) is 0 Å². The fourth-order valence-electron chi connectivity index (χ4n) is 5.87. The van der Waals surface area contributed by atoms with Crippen LogP contribution in [0.15, 0.2) is 134 Å². The molecule has 5 heterocycles. The third kappa shape index (κ3) is 31.9. The normalized spacial score (nSPS) is 16.6. The SMILES string of the molecule is F[P-](F)(F)(F)(F)F.F[P-](F)(F)(F)(F)F.Fc1ccc(C[n+]2ccc(-c3cc[n+](Cc4ccc(F)cc4)cc3)cc2)cc1.c1cc2nc(c1)COCCOCCOCc1cccc(n1)COCCOCCOC2. The van der Waals surface area contributed by atoms with E-state index in [4.69, 9.17) is 28.4 Å². The van der Waals surface area contributed by atoms with Crippen molar-refractivity contribution >= 4 is 15.6 Å². The minimum Gasteiger partial charge on any atom is -0.377 e. The number of aromatic nitrogens is 4. The second kappa shape index (κ2) is 25.1. The van der Waals surface area contributed by atoms with Crippen molar-refractivity contribution in [2.75, 3.05) is 52.9 Å². The summed E-state index contributed by atoms with van der Waals surface area (Å²) in [5.74, 6) is -0.435. The summed E-state index contributed by atoms with van der Waals surface area (Å²) in [6, 6.07) is 33.1. The van der Waals surface area contributed by atoms with E-state index < -0.39 is 15.6 Å². The number of pyridine rings is 4. The van der Waals surface area contributed by atoms with Crippen LogP contribution in [0.3, 0.4) is 0 Å². The van der Waals surface area contributed by atoms with Crippen molar-refractivity contribution in [3.63, 3.8) is 0 Å². The molecular weight excluding hydrogens is 1030 g/mol. The Balaban J connectivity index is 0.000000248. The Hall–Kier alpha value is -5.32. The quantitative estimate of drug-likeness (QED) is 0.0958. The van der Waals surface area contributed by atoms with E-state index in [1.165, 1.54) is 24.3 Å². The summed E-state index contributed by atoms with van der Waals surface area (Å²) >= 11 is 0. The summed E-state index contributed by atoms with van der Waals surface area (Å²) in [4.78, 5) is 9.08. The van der Waals surface area contributed by atoms with Crippen LogP contribution < -0.4 is 9.13 Å². The van der Waals surface area contributed by atoms with Gasteiger partial charge in [-0.05, 0) is 83.9 Å². The minimum atomic E-state index is -10.7. The van der Waals surface area contributed by atoms with E-state index in [2.05, 4.69) is 43.4 Å². The minimum absolute atomic E-state index is 0.218. The molecule has 4 bridgehead atoms. The summed E-state index contributed by atoms with van der Waals surface area (Å²) in [5, 5.41) is 0. The number of halogens is 14. The molecule has 2 aromatic carbocycles. The van der Waals surface area contributed by atoms with Gasteiger partial charge in [0.15, 0.2) is 37.9 Å². The monoisotopic (exact) mass is 1080 g/mol. The van der Waals surface area contributed by atoms with Crippen molar-refractivity contribution < 1.29 is 96.7 Å². The van der Waals surface area contributed by atoms with E-state index in [-0.39, 0.29) is 11.6 Å². The zero-order chi connectivity index (χ0) is 52.9. The van der Waals surface area contributed by atoms with Gasteiger partial charge < -0.3 is 28.4 Å². The Morgan fingerprint density at radius 1 is 0.347 bits per heavy atom. The zero-order valence-corrected chi connectivity index (χ0v) is 39.8. The molecule has 1 aliphatic rings. The van der Waals surface area contributed by atoms with E-state index in [0.717, 1.165) is 45.0 Å². The smallest absolute Gasteiger partial charge is 0.173 e. The molecule has 398 valence electrons. The second-order valence-corrected chi connectivity index (χ2v) is 19.2. The number of ether oxygens (including phenoxy) is 6. The van der Waals surface area contributed by atoms with Crippen molar-refractivity contribution in [3.05, 3.63) is 180 Å². The molecule has 4 aromatic heterocycles. The first-order valence-electron chi connectivity index (χ1n) is 21.4. The largest absolute Gasteiger partial charge is 0.377 e. The molecule has 0 fully saturated rings. The number of hydrogen-bond acceptors (Lipinski definition) is 8. The van der Waals surface area contributed by atoms with Crippen molar-refractivity contribution in [3.8, 4) is 11.1 Å². The Labute approximate surface area is 404 Å². The van der Waals surface area contributed by atoms with Crippen LogP contribution in [-0.2, 0) is 67.9 Å². The Morgan fingerprint density at radius 3 is 0.833 bits per heavy atom. The summed E-state index contributed by atoms with van der Waals surface area (Å²) in [6.45, 7) is 7.23. The van der Waals surface area contributed by atoms with E-state index in [1.54, 1.807) is 24.3 Å². The van der Waals surface area contributed by atoms with Gasteiger partial charge in [-0.2, -0.15) is 0 Å². The molecule has 0 aliphatic carbocycles. The molecule has 72 heavy (non-hydrogen) atoms. The fraction of sp³-hybridized carbons (Fsp3) is 0.304. The maximum atomic E-state index is 13.0. The number of hydrogen-bond donors (Lipinski definition) is 0. The fourth-order valence-corrected chi connectivity index (χ4v) is 5.87. The average Bonchev–Trinajstić information content (AvgIpc) is 3.28. The van der Waals surface area contributed by atoms with Gasteiger partial charge in [0.05, 0.1) is 102 Å². The Bertz CT molecular complexity index is 2300. The molecular formula is C46H50F14N4O6P2. The van der Waals surface area contributed by atoms with Crippen LogP contribution in [0.25, 0.3) is 11.1 Å². The zero-order valence-electron chi connectivity index (χ0n) is 38.0. The average molecular weight is 1080 g/mol. The van der Waals surface area contributed by atoms with Gasteiger partial charge >= 0.3 is 66.0 Å². The summed E-state index contributed by atoms with van der Waals surface area (Å²) in [7, 11) is -21.3. The standard InChI is InChI=1S/C24H20F2N2.C22H30N2O6.2F6P/c25-23-5-1-19(2-6-23)17-27-13-9-21(10-14-27)22-11-15-28(16-12-22)18-20-3-7-24(26)8-4-20;1-3-19-15-27-11-7-25-9-13-29-17-21-5-2-6-22(24-21)18-30-14-10-26-8-12-28-16-20(4-1)23-19;2*1-7(2,3,4,5)6/h1-16H,17-18H2;1-6H,7-18H2;;/q+2;;2*-1. The predicted molar refractivity (Wildman–Crippen MR) is 239 cm³/mol. The molecule has 0 N–H and O–H groups in total. The molecule has 7 rings (SSSR count). The van der Waals surface area contributed by atoms with Crippen molar-refractivity contribution in [1.82, 2.24) is 9.97 Å². The van der Waals surface area contributed by atoms with Gasteiger partial charge in [0.1, 0.15) is 11.6 Å². The molecule has 0 unspecified atom stereocenters. The Morgan fingerprint density at radius 2 is 0.583 bits per heavy atom. The molecule has 6 aromatic rings. The van der Waals surface area contributed by atoms with Crippen molar-refractivity contribution in [2.45, 2.75) is 39.5 Å². The third-order valence-corrected chi connectivity index (χ3v) is 8.89. The summed E-state index contributed by atoms with van der Waals surface area (Å²) in [5.41, 5.74) is 7.86. The molecule has 0 spiro atoms. The molecule has 0 atom stereocenters. The van der Waals surface area contributed by atoms with E-state index in [9.17, 15) is 59.1 Å². The topological polar surface area (TPSA) is 88.9 Å². The molecule has 0 saturated heterocycles. The van der Waals surface area contributed by atoms with Gasteiger partial charge in [-0.1, -0.05) is 12.1 Å². The van der Waals surface area contributed by atoms with E-state index in [0.29, 0.717) is 92.4 Å². The van der Waals surface area contributed by atoms with Crippen LogP contribution in [0.4, 0.5) is 59.1 Å². The van der Waals surface area contributed by atoms with E-state index >= 15 is 0 Å². The molecule has 26 heteroatoms. The van der Waals surface area contributed by atoms with Crippen LogP contribution in [0.1, 0.15) is 33.9 Å². The maximum absolute atomic E-state index is 13.0. The molecule has 0 amide bonds. The third-order valence-electron chi connectivity index (χ3n) is 8.89. The molecule has 0 radical (unpaired) electrons. The first kappa shape index (κ1) is 59.2. The maximum Gasteiger partial charge on any atom is 0.173 e. The number of fused-ring (bicyclic) bond motifs is 4. The molecule has 10 nitrogen and oxygen atoms in total. The number of benzene rings is 2. The van der Waals surface area contributed by atoms with Gasteiger partial charge in [0.2, 0.25) is 0 Å². The molecule has 0 saturated carbocycles. The van der Waals surface area contributed by atoms with E-state index in [1.807, 2.05) is 61.2 Å². The van der Waals surface area contributed by atoms with Crippen molar-refractivity contribution in [1.29, 1.82) is 0 Å². The van der Waals surface area contributed by atoms with Crippen LogP contribution in [0.2, 0.25) is 0 Å². The van der Waals surface area contributed by atoms with Crippen LogP contribution in [-0.4, -0.2) is 62.8 Å².